The number of sulfone groups is 1. The molecule has 2 aromatic carbocycles. The molecule has 0 bridgehead atoms. The maximum atomic E-state index is 13.0. The molecule has 0 N–H and O–H groups in total. The van der Waals surface area contributed by atoms with Gasteiger partial charge < -0.3 is 0 Å². The van der Waals surface area contributed by atoms with Crippen LogP contribution in [-0.2, 0) is 21.8 Å². The first-order valence-electron chi connectivity index (χ1n) is 6.63. The molecule has 0 aromatic heterocycles. The second-order valence-corrected chi connectivity index (χ2v) is 7.34. The van der Waals surface area contributed by atoms with Crippen molar-refractivity contribution in [1.29, 1.82) is 0 Å². The Balaban J connectivity index is 2.34. The van der Waals surface area contributed by atoms with Crippen molar-refractivity contribution >= 4 is 9.84 Å². The molecule has 2 rings (SSSR count). The van der Waals surface area contributed by atoms with E-state index in [9.17, 15) is 21.6 Å². The minimum absolute atomic E-state index is 0.224. The first-order valence-corrected chi connectivity index (χ1v) is 8.35. The fourth-order valence-corrected chi connectivity index (χ4v) is 3.70. The Bertz CT molecular complexity index is 737. The average molecular weight is 328 g/mol. The number of hydrogen-bond donors (Lipinski definition) is 0. The molecule has 0 aliphatic rings. The highest BCUT2D eigenvalue weighted by Crippen LogP contribution is 2.34. The van der Waals surface area contributed by atoms with Crippen molar-refractivity contribution in [2.45, 2.75) is 24.1 Å². The third kappa shape index (κ3) is 3.68. The second-order valence-electron chi connectivity index (χ2n) is 5.02. The summed E-state index contributed by atoms with van der Waals surface area (Å²) in [6.07, 6.45) is -4.57. The van der Waals surface area contributed by atoms with Gasteiger partial charge in [-0.15, -0.1) is 0 Å². The summed E-state index contributed by atoms with van der Waals surface area (Å²) < 4.78 is 63.7. The SMILES string of the molecule is CC(c1ccccc1)S(=O)(=O)Cc1ccccc1C(F)(F)F. The molecule has 6 heteroatoms. The Morgan fingerprint density at radius 1 is 0.955 bits per heavy atom. The number of rotatable bonds is 4. The Labute approximate surface area is 127 Å². The lowest BCUT2D eigenvalue weighted by Crippen LogP contribution is -2.16. The van der Waals surface area contributed by atoms with Crippen molar-refractivity contribution in [2.75, 3.05) is 0 Å². The zero-order valence-corrected chi connectivity index (χ0v) is 12.7. The summed E-state index contributed by atoms with van der Waals surface area (Å²) in [5.74, 6) is -0.640. The van der Waals surface area contributed by atoms with Crippen LogP contribution in [0.15, 0.2) is 54.6 Å². The maximum absolute atomic E-state index is 13.0. The van der Waals surface area contributed by atoms with Crippen LogP contribution >= 0.6 is 0 Å². The van der Waals surface area contributed by atoms with E-state index >= 15 is 0 Å². The van der Waals surface area contributed by atoms with Gasteiger partial charge in [0.05, 0.1) is 16.6 Å². The van der Waals surface area contributed by atoms with Crippen LogP contribution in [0.25, 0.3) is 0 Å². The lowest BCUT2D eigenvalue weighted by molar-refractivity contribution is -0.138. The summed E-state index contributed by atoms with van der Waals surface area (Å²) >= 11 is 0. The molecule has 0 aliphatic carbocycles. The Hall–Kier alpha value is -1.82. The van der Waals surface area contributed by atoms with Gasteiger partial charge in [-0.2, -0.15) is 13.2 Å². The Kier molecular flexibility index (Phi) is 4.60. The molecule has 2 nitrogen and oxygen atoms in total. The van der Waals surface area contributed by atoms with E-state index in [4.69, 9.17) is 0 Å². The first-order chi connectivity index (χ1) is 10.2. The van der Waals surface area contributed by atoms with E-state index < -0.39 is 32.6 Å². The van der Waals surface area contributed by atoms with Gasteiger partial charge in [0, 0.05) is 0 Å². The summed E-state index contributed by atoms with van der Waals surface area (Å²) in [5.41, 5.74) is -0.566. The van der Waals surface area contributed by atoms with Gasteiger partial charge in [0.25, 0.3) is 0 Å². The third-order valence-corrected chi connectivity index (χ3v) is 5.55. The lowest BCUT2D eigenvalue weighted by Gasteiger charge is -2.16. The zero-order chi connectivity index (χ0) is 16.4. The van der Waals surface area contributed by atoms with Crippen molar-refractivity contribution in [3.8, 4) is 0 Å². The van der Waals surface area contributed by atoms with Crippen molar-refractivity contribution in [3.05, 3.63) is 71.3 Å². The molecule has 0 saturated carbocycles. The van der Waals surface area contributed by atoms with Crippen LogP contribution in [0.3, 0.4) is 0 Å². The van der Waals surface area contributed by atoms with Crippen LogP contribution in [0.5, 0.6) is 0 Å². The molecule has 1 atom stereocenters. The van der Waals surface area contributed by atoms with E-state index in [2.05, 4.69) is 0 Å². The average Bonchev–Trinajstić information content (AvgIpc) is 2.46. The predicted molar refractivity (Wildman–Crippen MR) is 78.9 cm³/mol. The number of hydrogen-bond acceptors (Lipinski definition) is 2. The van der Waals surface area contributed by atoms with Gasteiger partial charge in [-0.1, -0.05) is 48.5 Å². The van der Waals surface area contributed by atoms with Crippen molar-refractivity contribution < 1.29 is 21.6 Å². The van der Waals surface area contributed by atoms with Gasteiger partial charge in [-0.05, 0) is 24.1 Å². The van der Waals surface area contributed by atoms with Crippen LogP contribution in [0.1, 0.15) is 28.9 Å². The molecule has 2 aromatic rings. The Morgan fingerprint density at radius 2 is 1.50 bits per heavy atom. The summed E-state index contributed by atoms with van der Waals surface area (Å²) in [5, 5.41) is -0.866. The quantitative estimate of drug-likeness (QED) is 0.834. The van der Waals surface area contributed by atoms with Crippen LogP contribution in [0.4, 0.5) is 13.2 Å². The topological polar surface area (TPSA) is 34.1 Å². The van der Waals surface area contributed by atoms with E-state index in [1.165, 1.54) is 25.1 Å². The standard InChI is InChI=1S/C16H15F3O2S/c1-12(13-7-3-2-4-8-13)22(20,21)11-14-9-5-6-10-15(14)16(17,18)19/h2-10,12H,11H2,1H3. The summed E-state index contributed by atoms with van der Waals surface area (Å²) in [7, 11) is -3.75. The summed E-state index contributed by atoms with van der Waals surface area (Å²) in [6.45, 7) is 1.49. The highest BCUT2D eigenvalue weighted by molar-refractivity contribution is 7.90. The van der Waals surface area contributed by atoms with Gasteiger partial charge in [-0.3, -0.25) is 0 Å². The minimum atomic E-state index is -4.57. The second kappa shape index (κ2) is 6.12. The highest BCUT2D eigenvalue weighted by atomic mass is 32.2. The zero-order valence-electron chi connectivity index (χ0n) is 11.8. The fourth-order valence-electron chi connectivity index (χ4n) is 2.20. The van der Waals surface area contributed by atoms with Gasteiger partial charge >= 0.3 is 6.18 Å². The summed E-state index contributed by atoms with van der Waals surface area (Å²) in [4.78, 5) is 0. The normalized spacial score (nSPS) is 13.8. The maximum Gasteiger partial charge on any atom is 0.416 e. The van der Waals surface area contributed by atoms with E-state index in [0.717, 1.165) is 6.07 Å². The van der Waals surface area contributed by atoms with Crippen LogP contribution < -0.4 is 0 Å². The Morgan fingerprint density at radius 3 is 2.09 bits per heavy atom. The molecule has 0 aliphatic heterocycles. The van der Waals surface area contributed by atoms with Crippen LogP contribution in [0, 0.1) is 0 Å². The number of halogens is 3. The van der Waals surface area contributed by atoms with E-state index in [0.29, 0.717) is 5.56 Å². The van der Waals surface area contributed by atoms with Gasteiger partial charge in [0.15, 0.2) is 9.84 Å². The monoisotopic (exact) mass is 328 g/mol. The molecule has 0 spiro atoms. The first kappa shape index (κ1) is 16.5. The fraction of sp³-hybridized carbons (Fsp3) is 0.250. The molecular weight excluding hydrogens is 313 g/mol. The van der Waals surface area contributed by atoms with Crippen LogP contribution in [-0.4, -0.2) is 8.42 Å². The largest absolute Gasteiger partial charge is 0.416 e. The molecule has 0 saturated heterocycles. The molecule has 0 radical (unpaired) electrons. The molecule has 0 heterocycles. The smallest absolute Gasteiger partial charge is 0.228 e. The van der Waals surface area contributed by atoms with Crippen molar-refractivity contribution in [1.82, 2.24) is 0 Å². The molecular formula is C16H15F3O2S. The predicted octanol–water partition coefficient (Wildman–Crippen LogP) is 4.38. The van der Waals surface area contributed by atoms with E-state index in [-0.39, 0.29) is 5.56 Å². The number of benzene rings is 2. The van der Waals surface area contributed by atoms with E-state index in [1.807, 2.05) is 0 Å². The lowest BCUT2D eigenvalue weighted by atomic mass is 10.1. The van der Waals surface area contributed by atoms with E-state index in [1.54, 1.807) is 30.3 Å². The molecule has 1 unspecified atom stereocenters. The van der Waals surface area contributed by atoms with Gasteiger partial charge in [-0.25, -0.2) is 8.42 Å². The van der Waals surface area contributed by atoms with Gasteiger partial charge in [0.1, 0.15) is 0 Å². The van der Waals surface area contributed by atoms with Gasteiger partial charge in [0.2, 0.25) is 0 Å². The molecule has 0 amide bonds. The molecule has 118 valence electrons. The minimum Gasteiger partial charge on any atom is -0.228 e. The summed E-state index contributed by atoms with van der Waals surface area (Å²) in [6, 6.07) is 13.2. The van der Waals surface area contributed by atoms with Crippen molar-refractivity contribution in [2.24, 2.45) is 0 Å². The van der Waals surface area contributed by atoms with Crippen LogP contribution in [0.2, 0.25) is 0 Å². The third-order valence-electron chi connectivity index (χ3n) is 3.49. The number of alkyl halides is 3. The van der Waals surface area contributed by atoms with Crippen molar-refractivity contribution in [3.63, 3.8) is 0 Å². The molecule has 0 fully saturated rings. The highest BCUT2D eigenvalue weighted by Gasteiger charge is 2.35. The molecule has 22 heavy (non-hydrogen) atoms.